The summed E-state index contributed by atoms with van der Waals surface area (Å²) in [5.74, 6) is -0.0148. The van der Waals surface area contributed by atoms with Crippen LogP contribution in [0.25, 0.3) is 0 Å². The summed E-state index contributed by atoms with van der Waals surface area (Å²) in [7, 11) is 0. The molecule has 2 nitrogen and oxygen atoms in total. The average Bonchev–Trinajstić information content (AvgIpc) is 2.07. The molecule has 1 aromatic carbocycles. The Balaban J connectivity index is 2.51. The van der Waals surface area contributed by atoms with E-state index in [-0.39, 0.29) is 10.8 Å². The molecule has 72 valence electrons. The molecule has 14 heavy (non-hydrogen) atoms. The summed E-state index contributed by atoms with van der Waals surface area (Å²) in [4.78, 5) is 10.8. The Bertz CT molecular complexity index is 312. The van der Waals surface area contributed by atoms with Crippen molar-refractivity contribution in [1.29, 1.82) is 0 Å². The fourth-order valence-corrected chi connectivity index (χ4v) is 1.82. The van der Waals surface area contributed by atoms with E-state index in [0.717, 1.165) is 17.0 Å². The van der Waals surface area contributed by atoms with Crippen molar-refractivity contribution in [3.8, 4) is 0 Å². The van der Waals surface area contributed by atoms with Gasteiger partial charge in [0.05, 0.1) is 0 Å². The van der Waals surface area contributed by atoms with Crippen LogP contribution in [-0.2, 0) is 11.2 Å². The zero-order valence-corrected chi connectivity index (χ0v) is 9.87. The lowest BCUT2D eigenvalue weighted by Crippen LogP contribution is -2.34. The fraction of sp³-hybridized carbons (Fsp3) is 0.300. The molecule has 0 aliphatic rings. The SMILES string of the molecule is CC(=O)N[C@@H]([Al])Cc1ccc(Cl)cc1. The zero-order valence-electron chi connectivity index (χ0n) is 7.96. The number of carbonyl (C=O) groups is 1. The minimum Gasteiger partial charge on any atom is -0.369 e. The number of carbonyl (C=O) groups excluding carboxylic acids is 1. The molecule has 0 spiro atoms. The first kappa shape index (κ1) is 11.6. The first-order valence-electron chi connectivity index (χ1n) is 4.35. The minimum absolute atomic E-state index is 0.0148. The molecular weight excluding hydrogens is 213 g/mol. The number of hydrogen-bond donors (Lipinski definition) is 1. The summed E-state index contributed by atoms with van der Waals surface area (Å²) < 4.78 is 0. The first-order valence-corrected chi connectivity index (χ1v) is 5.39. The number of hydrogen-bond acceptors (Lipinski definition) is 1. The predicted molar refractivity (Wildman–Crippen MR) is 58.5 cm³/mol. The Morgan fingerprint density at radius 1 is 1.50 bits per heavy atom. The van der Waals surface area contributed by atoms with E-state index in [2.05, 4.69) is 21.6 Å². The van der Waals surface area contributed by atoms with Gasteiger partial charge in [0, 0.05) is 11.9 Å². The van der Waals surface area contributed by atoms with Crippen molar-refractivity contribution in [2.45, 2.75) is 18.2 Å². The molecule has 0 heterocycles. The molecule has 1 N–H and O–H groups in total. The van der Waals surface area contributed by atoms with Gasteiger partial charge in [-0.3, -0.25) is 4.79 Å². The van der Waals surface area contributed by atoms with E-state index in [1.54, 1.807) is 0 Å². The molecule has 0 aliphatic heterocycles. The van der Waals surface area contributed by atoms with E-state index in [4.69, 9.17) is 11.6 Å². The third kappa shape index (κ3) is 4.15. The molecule has 0 aromatic heterocycles. The summed E-state index contributed by atoms with van der Waals surface area (Å²) in [6.45, 7) is 1.51. The Morgan fingerprint density at radius 3 is 2.57 bits per heavy atom. The van der Waals surface area contributed by atoms with Crippen LogP contribution in [0.15, 0.2) is 24.3 Å². The second kappa shape index (κ2) is 5.41. The standard InChI is InChI=1S/C10H11ClNO.Al/c1-8(13)12-7-6-9-2-4-10(11)5-3-9;/h2-5,7H,6H2,1H3,(H,12,13);. The van der Waals surface area contributed by atoms with Crippen LogP contribution in [0.2, 0.25) is 5.02 Å². The van der Waals surface area contributed by atoms with Gasteiger partial charge in [-0.05, 0) is 29.0 Å². The normalized spacial score (nSPS) is 12.1. The maximum atomic E-state index is 10.8. The van der Waals surface area contributed by atoms with Crippen molar-refractivity contribution in [3.05, 3.63) is 34.9 Å². The van der Waals surface area contributed by atoms with E-state index < -0.39 is 0 Å². The number of benzene rings is 1. The van der Waals surface area contributed by atoms with Gasteiger partial charge in [0.2, 0.25) is 5.91 Å². The molecule has 4 heteroatoms. The Morgan fingerprint density at radius 2 is 2.07 bits per heavy atom. The number of rotatable bonds is 3. The van der Waals surface area contributed by atoms with Crippen LogP contribution in [0.1, 0.15) is 12.5 Å². The van der Waals surface area contributed by atoms with Gasteiger partial charge in [-0.15, -0.1) is 0 Å². The smallest absolute Gasteiger partial charge is 0.215 e. The van der Waals surface area contributed by atoms with Crippen molar-refractivity contribution in [2.24, 2.45) is 0 Å². The molecule has 1 atom stereocenters. The molecule has 0 unspecified atom stereocenters. The molecule has 0 bridgehead atoms. The summed E-state index contributed by atoms with van der Waals surface area (Å²) in [6, 6.07) is 7.62. The van der Waals surface area contributed by atoms with Crippen molar-refractivity contribution < 1.29 is 4.79 Å². The van der Waals surface area contributed by atoms with Crippen LogP contribution in [0.5, 0.6) is 0 Å². The van der Waals surface area contributed by atoms with Crippen molar-refractivity contribution in [3.63, 3.8) is 0 Å². The lowest BCUT2D eigenvalue weighted by molar-refractivity contribution is -0.119. The van der Waals surface area contributed by atoms with Gasteiger partial charge < -0.3 is 5.32 Å². The Hall–Kier alpha value is -0.488. The van der Waals surface area contributed by atoms with Gasteiger partial charge in [-0.1, -0.05) is 23.7 Å². The van der Waals surface area contributed by atoms with Crippen LogP contribution < -0.4 is 5.32 Å². The lowest BCUT2D eigenvalue weighted by atomic mass is 10.1. The van der Waals surface area contributed by atoms with Crippen molar-refractivity contribution in [2.75, 3.05) is 0 Å². The van der Waals surface area contributed by atoms with E-state index in [1.807, 2.05) is 24.3 Å². The molecule has 1 rings (SSSR count). The molecule has 2 radical (unpaired) electrons. The highest BCUT2D eigenvalue weighted by atomic mass is 35.5. The van der Waals surface area contributed by atoms with Gasteiger partial charge in [0.15, 0.2) is 16.3 Å². The van der Waals surface area contributed by atoms with E-state index >= 15 is 0 Å². The third-order valence-electron chi connectivity index (χ3n) is 1.76. The fourth-order valence-electron chi connectivity index (χ4n) is 1.19. The second-order valence-electron chi connectivity index (χ2n) is 3.14. The topological polar surface area (TPSA) is 29.1 Å². The van der Waals surface area contributed by atoms with E-state index in [1.165, 1.54) is 6.92 Å². The van der Waals surface area contributed by atoms with Gasteiger partial charge >= 0.3 is 0 Å². The summed E-state index contributed by atoms with van der Waals surface area (Å²) in [6.07, 6.45) is 0.793. The number of halogens is 1. The van der Waals surface area contributed by atoms with E-state index in [0.29, 0.717) is 0 Å². The van der Waals surface area contributed by atoms with Crippen LogP contribution in [0.4, 0.5) is 0 Å². The summed E-state index contributed by atoms with van der Waals surface area (Å²) >= 11 is 8.36. The van der Waals surface area contributed by atoms with Crippen LogP contribution in [0, 0.1) is 0 Å². The van der Waals surface area contributed by atoms with Crippen LogP contribution in [0.3, 0.4) is 0 Å². The monoisotopic (exact) mass is 223 g/mol. The minimum atomic E-state index is -0.0148. The van der Waals surface area contributed by atoms with Crippen LogP contribution >= 0.6 is 11.6 Å². The number of nitrogens with one attached hydrogen (secondary N) is 1. The molecule has 1 aromatic rings. The quantitative estimate of drug-likeness (QED) is 0.774. The highest BCUT2D eigenvalue weighted by molar-refractivity contribution is 6.30. The van der Waals surface area contributed by atoms with E-state index in [9.17, 15) is 4.79 Å². The maximum absolute atomic E-state index is 10.8. The molecule has 0 saturated heterocycles. The largest absolute Gasteiger partial charge is 0.369 e. The highest BCUT2D eigenvalue weighted by Gasteiger charge is 2.03. The molecule has 0 saturated carbocycles. The van der Waals surface area contributed by atoms with Gasteiger partial charge in [0.1, 0.15) is 0 Å². The summed E-state index contributed by atoms with van der Waals surface area (Å²) in [5, 5.41) is 3.53. The molecule has 0 fully saturated rings. The van der Waals surface area contributed by atoms with Crippen LogP contribution in [-0.4, -0.2) is 27.1 Å². The maximum Gasteiger partial charge on any atom is 0.215 e. The summed E-state index contributed by atoms with van der Waals surface area (Å²) in [5.41, 5.74) is 1.16. The molecule has 0 aliphatic carbocycles. The highest BCUT2D eigenvalue weighted by Crippen LogP contribution is 2.10. The lowest BCUT2D eigenvalue weighted by Gasteiger charge is -2.13. The predicted octanol–water partition coefficient (Wildman–Crippen LogP) is 1.51. The van der Waals surface area contributed by atoms with Gasteiger partial charge in [0.25, 0.3) is 0 Å². The van der Waals surface area contributed by atoms with Gasteiger partial charge in [-0.25, -0.2) is 0 Å². The van der Waals surface area contributed by atoms with Gasteiger partial charge in [-0.2, -0.15) is 0 Å². The second-order valence-corrected chi connectivity index (χ2v) is 4.38. The zero-order chi connectivity index (χ0) is 10.6. The Kier molecular flexibility index (Phi) is 4.48. The first-order chi connectivity index (χ1) is 6.58. The Labute approximate surface area is 97.1 Å². The molecular formula is C10H11AlClNO. The average molecular weight is 224 g/mol. The molecule has 1 amide bonds. The van der Waals surface area contributed by atoms with Crippen molar-refractivity contribution in [1.82, 2.24) is 5.32 Å². The number of amides is 1. The third-order valence-corrected chi connectivity index (χ3v) is 2.41. The van der Waals surface area contributed by atoms with Crippen molar-refractivity contribution >= 4 is 33.8 Å².